The van der Waals surface area contributed by atoms with Crippen LogP contribution in [-0.2, 0) is 15.0 Å². The van der Waals surface area contributed by atoms with Gasteiger partial charge < -0.3 is 10.2 Å². The highest BCUT2D eigenvalue weighted by atomic mass is 32.2. The molecule has 0 saturated carbocycles. The van der Waals surface area contributed by atoms with Gasteiger partial charge in [-0.05, 0) is 38.1 Å². The van der Waals surface area contributed by atoms with Crippen molar-refractivity contribution in [3.63, 3.8) is 0 Å². The number of carbonyl (C=O) groups is 2. The van der Waals surface area contributed by atoms with Crippen LogP contribution in [0.3, 0.4) is 0 Å². The summed E-state index contributed by atoms with van der Waals surface area (Å²) in [5, 5.41) is 2.69. The maximum Gasteiger partial charge on any atom is 0.304 e. The zero-order chi connectivity index (χ0) is 22.3. The van der Waals surface area contributed by atoms with Gasteiger partial charge >= 0.3 is 10.2 Å². The molecule has 0 aliphatic carbocycles. The van der Waals surface area contributed by atoms with Crippen molar-refractivity contribution in [3.8, 4) is 0 Å². The van der Waals surface area contributed by atoms with E-state index in [1.165, 1.54) is 14.1 Å². The van der Waals surface area contributed by atoms with Crippen LogP contribution in [0, 0.1) is 0 Å². The Morgan fingerprint density at radius 3 is 2.03 bits per heavy atom. The molecule has 0 fully saturated rings. The Labute approximate surface area is 178 Å². The Morgan fingerprint density at radius 1 is 0.900 bits per heavy atom. The van der Waals surface area contributed by atoms with Gasteiger partial charge in [0.2, 0.25) is 5.91 Å². The molecule has 0 heterocycles. The first kappa shape index (κ1) is 23.4. The van der Waals surface area contributed by atoms with Gasteiger partial charge in [-0.15, -0.1) is 0 Å². The van der Waals surface area contributed by atoms with Crippen molar-refractivity contribution in [2.24, 2.45) is 0 Å². The van der Waals surface area contributed by atoms with E-state index in [2.05, 4.69) is 5.32 Å². The van der Waals surface area contributed by atoms with E-state index in [4.69, 9.17) is 0 Å². The monoisotopic (exact) mass is 432 g/mol. The predicted octanol–water partition coefficient (Wildman–Crippen LogP) is 2.42. The molecule has 162 valence electrons. The topological polar surface area (TPSA) is 90.0 Å². The summed E-state index contributed by atoms with van der Waals surface area (Å²) >= 11 is 0. The van der Waals surface area contributed by atoms with Crippen molar-refractivity contribution >= 4 is 33.4 Å². The maximum absolute atomic E-state index is 12.8. The van der Waals surface area contributed by atoms with Gasteiger partial charge in [0, 0.05) is 27.2 Å². The zero-order valence-electron chi connectivity index (χ0n) is 17.7. The molecule has 0 aliphatic rings. The first-order valence-electron chi connectivity index (χ1n) is 9.65. The number of anilines is 2. The van der Waals surface area contributed by atoms with Crippen molar-refractivity contribution in [1.82, 2.24) is 9.21 Å². The molecule has 2 aromatic rings. The minimum atomic E-state index is -3.90. The average molecular weight is 433 g/mol. The fraction of sp³-hybridized carbons (Fsp3) is 0.333. The zero-order valence-corrected chi connectivity index (χ0v) is 18.5. The SMILES string of the molecule is CCN(CC)C(=O)c1ccccc1NC(=O)CN(c1ccccc1)S(=O)(=O)N(C)C. The van der Waals surface area contributed by atoms with Crippen LogP contribution in [0.15, 0.2) is 54.6 Å². The number of nitrogens with one attached hydrogen (secondary N) is 1. The maximum atomic E-state index is 12.8. The van der Waals surface area contributed by atoms with Crippen LogP contribution >= 0.6 is 0 Å². The lowest BCUT2D eigenvalue weighted by molar-refractivity contribution is -0.114. The van der Waals surface area contributed by atoms with Crippen LogP contribution in [0.4, 0.5) is 11.4 Å². The van der Waals surface area contributed by atoms with E-state index in [1.807, 2.05) is 13.8 Å². The van der Waals surface area contributed by atoms with E-state index in [9.17, 15) is 18.0 Å². The van der Waals surface area contributed by atoms with Gasteiger partial charge in [0.05, 0.1) is 16.9 Å². The number of para-hydroxylation sites is 2. The number of hydrogen-bond donors (Lipinski definition) is 1. The molecule has 0 spiro atoms. The second-order valence-electron chi connectivity index (χ2n) is 6.70. The van der Waals surface area contributed by atoms with E-state index >= 15 is 0 Å². The number of hydrogen-bond acceptors (Lipinski definition) is 4. The third-order valence-corrected chi connectivity index (χ3v) is 6.37. The van der Waals surface area contributed by atoms with Crippen LogP contribution in [-0.4, -0.2) is 63.2 Å². The normalized spacial score (nSPS) is 11.2. The standard InChI is InChI=1S/C21H28N4O4S/c1-5-24(6-2)21(27)18-14-10-11-15-19(18)22-20(26)16-25(30(28,29)23(3)4)17-12-8-7-9-13-17/h7-15H,5-6,16H2,1-4H3,(H,22,26). The van der Waals surface area contributed by atoms with Crippen molar-refractivity contribution in [1.29, 1.82) is 0 Å². The summed E-state index contributed by atoms with van der Waals surface area (Å²) in [4.78, 5) is 27.2. The van der Waals surface area contributed by atoms with Gasteiger partial charge in [-0.3, -0.25) is 9.59 Å². The third-order valence-electron chi connectivity index (χ3n) is 4.55. The summed E-state index contributed by atoms with van der Waals surface area (Å²) < 4.78 is 27.6. The van der Waals surface area contributed by atoms with Gasteiger partial charge in [0.25, 0.3) is 5.91 Å². The summed E-state index contributed by atoms with van der Waals surface area (Å²) in [5.41, 5.74) is 1.07. The molecule has 1 N–H and O–H groups in total. The van der Waals surface area contributed by atoms with Crippen LogP contribution < -0.4 is 9.62 Å². The van der Waals surface area contributed by atoms with E-state index in [0.717, 1.165) is 8.61 Å². The molecular formula is C21H28N4O4S. The summed E-state index contributed by atoms with van der Waals surface area (Å²) in [6.45, 7) is 4.41. The van der Waals surface area contributed by atoms with Crippen molar-refractivity contribution in [3.05, 3.63) is 60.2 Å². The van der Waals surface area contributed by atoms with E-state index < -0.39 is 22.7 Å². The Kier molecular flexibility index (Phi) is 7.96. The number of amides is 2. The highest BCUT2D eigenvalue weighted by Crippen LogP contribution is 2.21. The lowest BCUT2D eigenvalue weighted by Crippen LogP contribution is -2.44. The summed E-state index contributed by atoms with van der Waals surface area (Å²) in [5.74, 6) is -0.749. The fourth-order valence-corrected chi connectivity index (χ4v) is 3.94. The highest BCUT2D eigenvalue weighted by molar-refractivity contribution is 7.90. The molecule has 2 rings (SSSR count). The molecule has 0 unspecified atom stereocenters. The molecule has 0 aromatic heterocycles. The van der Waals surface area contributed by atoms with Crippen LogP contribution in [0.25, 0.3) is 0 Å². The van der Waals surface area contributed by atoms with Crippen molar-refractivity contribution in [2.45, 2.75) is 13.8 Å². The van der Waals surface area contributed by atoms with Crippen LogP contribution in [0.5, 0.6) is 0 Å². The molecule has 30 heavy (non-hydrogen) atoms. The lowest BCUT2D eigenvalue weighted by atomic mass is 10.1. The molecule has 2 aromatic carbocycles. The molecule has 0 aliphatic heterocycles. The second-order valence-corrected chi connectivity index (χ2v) is 8.77. The quantitative estimate of drug-likeness (QED) is 0.659. The number of nitrogens with zero attached hydrogens (tertiary/aromatic N) is 3. The van der Waals surface area contributed by atoms with Gasteiger partial charge in [-0.1, -0.05) is 30.3 Å². The van der Waals surface area contributed by atoms with Crippen molar-refractivity contribution < 1.29 is 18.0 Å². The third kappa shape index (κ3) is 5.37. The van der Waals surface area contributed by atoms with Crippen LogP contribution in [0.1, 0.15) is 24.2 Å². The molecule has 0 radical (unpaired) electrons. The largest absolute Gasteiger partial charge is 0.339 e. The molecule has 2 amide bonds. The minimum absolute atomic E-state index is 0.197. The average Bonchev–Trinajstić information content (AvgIpc) is 2.73. The summed E-state index contributed by atoms with van der Waals surface area (Å²) in [6.07, 6.45) is 0. The summed E-state index contributed by atoms with van der Waals surface area (Å²) in [6, 6.07) is 15.1. The van der Waals surface area contributed by atoms with Gasteiger partial charge in [0.15, 0.2) is 0 Å². The first-order valence-corrected chi connectivity index (χ1v) is 11.0. The first-order chi connectivity index (χ1) is 14.2. The predicted molar refractivity (Wildman–Crippen MR) is 119 cm³/mol. The van der Waals surface area contributed by atoms with Gasteiger partial charge in [-0.2, -0.15) is 12.7 Å². The summed E-state index contributed by atoms with van der Waals surface area (Å²) in [7, 11) is -1.09. The Morgan fingerprint density at radius 2 is 1.47 bits per heavy atom. The molecule has 9 heteroatoms. The number of rotatable bonds is 9. The van der Waals surface area contributed by atoms with Crippen molar-refractivity contribution in [2.75, 3.05) is 43.4 Å². The molecule has 8 nitrogen and oxygen atoms in total. The van der Waals surface area contributed by atoms with E-state index in [-0.39, 0.29) is 5.91 Å². The van der Waals surface area contributed by atoms with Crippen LogP contribution in [0.2, 0.25) is 0 Å². The minimum Gasteiger partial charge on any atom is -0.339 e. The number of carbonyl (C=O) groups excluding carboxylic acids is 2. The molecular weight excluding hydrogens is 404 g/mol. The Hall–Kier alpha value is -2.91. The second kappa shape index (κ2) is 10.2. The highest BCUT2D eigenvalue weighted by Gasteiger charge is 2.27. The smallest absolute Gasteiger partial charge is 0.304 e. The molecule has 0 bridgehead atoms. The number of benzene rings is 2. The van der Waals surface area contributed by atoms with Gasteiger partial charge in [-0.25, -0.2) is 4.31 Å². The Balaban J connectivity index is 2.30. The Bertz CT molecular complexity index is 974. The van der Waals surface area contributed by atoms with E-state index in [1.54, 1.807) is 59.5 Å². The van der Waals surface area contributed by atoms with E-state index in [0.29, 0.717) is 30.0 Å². The lowest BCUT2D eigenvalue weighted by Gasteiger charge is -2.27. The van der Waals surface area contributed by atoms with Gasteiger partial charge in [0.1, 0.15) is 6.54 Å². The molecule has 0 atom stereocenters. The fourth-order valence-electron chi connectivity index (χ4n) is 2.88. The molecule has 0 saturated heterocycles.